The van der Waals surface area contributed by atoms with Gasteiger partial charge in [0.15, 0.2) is 0 Å². The number of carbonyl (C=O) groups is 4. The van der Waals surface area contributed by atoms with E-state index >= 15 is 0 Å². The van der Waals surface area contributed by atoms with Crippen LogP contribution in [0.5, 0.6) is 0 Å². The maximum Gasteiger partial charge on any atom is 0.360 e. The van der Waals surface area contributed by atoms with E-state index < -0.39 is 47.1 Å². The van der Waals surface area contributed by atoms with Gasteiger partial charge < -0.3 is 24.1 Å². The molecule has 1 N–H and O–H groups in total. The number of hydrogen-bond acceptors (Lipinski definition) is 10. The largest absolute Gasteiger partial charge is 0.469 e. The summed E-state index contributed by atoms with van der Waals surface area (Å²) in [7, 11) is 4.28. The van der Waals surface area contributed by atoms with E-state index in [1.807, 2.05) is 6.92 Å². The van der Waals surface area contributed by atoms with Gasteiger partial charge in [0.2, 0.25) is 0 Å². The van der Waals surface area contributed by atoms with E-state index in [1.54, 1.807) is 36.4 Å². The van der Waals surface area contributed by atoms with Crippen molar-refractivity contribution in [3.05, 3.63) is 75.4 Å². The molecule has 1 aliphatic rings. The number of carbonyl (C=O) groups excluding carboxylic acids is 4. The summed E-state index contributed by atoms with van der Waals surface area (Å²) in [6, 6.07) is 12.8. The van der Waals surface area contributed by atoms with Crippen LogP contribution in [0.4, 0.5) is 5.69 Å². The summed E-state index contributed by atoms with van der Waals surface area (Å²) in [5.74, 6) is -7.51. The standard InChI is InChI=1S/C26H26BrNO9/c1-14-6-12-17(13-7-14)28-21(24(31)36-4)19(22(29)34-2)18(15-8-10-16(27)11-9-15)20(23(30)35-3)26(28,33)25(32)37-5/h6-13,18,20,33H,1-5H3/t18?,20-,26-/m0/s1. The van der Waals surface area contributed by atoms with Gasteiger partial charge >= 0.3 is 23.9 Å². The Balaban J connectivity index is 2.59. The van der Waals surface area contributed by atoms with Crippen LogP contribution in [0.1, 0.15) is 17.0 Å². The van der Waals surface area contributed by atoms with Crippen molar-refractivity contribution < 1.29 is 43.2 Å². The van der Waals surface area contributed by atoms with Crippen LogP contribution in [0.3, 0.4) is 0 Å². The zero-order valence-corrected chi connectivity index (χ0v) is 22.4. The Bertz CT molecular complexity index is 1240. The van der Waals surface area contributed by atoms with E-state index in [9.17, 15) is 24.3 Å². The molecule has 0 fully saturated rings. The van der Waals surface area contributed by atoms with Crippen molar-refractivity contribution in [3.63, 3.8) is 0 Å². The zero-order valence-electron chi connectivity index (χ0n) is 20.8. The van der Waals surface area contributed by atoms with Gasteiger partial charge in [0, 0.05) is 16.1 Å². The first-order valence-corrected chi connectivity index (χ1v) is 11.8. The van der Waals surface area contributed by atoms with Gasteiger partial charge in [-0.25, -0.2) is 14.4 Å². The second-order valence-corrected chi connectivity index (χ2v) is 9.08. The van der Waals surface area contributed by atoms with E-state index in [4.69, 9.17) is 18.9 Å². The van der Waals surface area contributed by atoms with Crippen LogP contribution in [0, 0.1) is 12.8 Å². The van der Waals surface area contributed by atoms with E-state index in [1.165, 1.54) is 12.1 Å². The smallest absolute Gasteiger partial charge is 0.360 e. The van der Waals surface area contributed by atoms with E-state index in [2.05, 4.69) is 15.9 Å². The lowest BCUT2D eigenvalue weighted by Gasteiger charge is -2.49. The quantitative estimate of drug-likeness (QED) is 0.405. The third-order valence-corrected chi connectivity index (χ3v) is 6.67. The molecule has 0 bridgehead atoms. The maximum absolute atomic E-state index is 13.4. The Kier molecular flexibility index (Phi) is 8.39. The van der Waals surface area contributed by atoms with Crippen LogP contribution in [0.25, 0.3) is 0 Å². The van der Waals surface area contributed by atoms with Gasteiger partial charge in [-0.2, -0.15) is 0 Å². The van der Waals surface area contributed by atoms with Gasteiger partial charge in [-0.05, 0) is 36.8 Å². The van der Waals surface area contributed by atoms with Crippen molar-refractivity contribution >= 4 is 45.5 Å². The first kappa shape index (κ1) is 27.9. The number of esters is 4. The minimum Gasteiger partial charge on any atom is -0.469 e. The molecule has 1 aliphatic heterocycles. The molecule has 37 heavy (non-hydrogen) atoms. The van der Waals surface area contributed by atoms with Crippen molar-refractivity contribution in [2.75, 3.05) is 33.3 Å². The number of anilines is 1. The molecule has 3 atom stereocenters. The van der Waals surface area contributed by atoms with Crippen molar-refractivity contribution in [3.8, 4) is 0 Å². The number of methoxy groups -OCH3 is 4. The Morgan fingerprint density at radius 1 is 0.838 bits per heavy atom. The van der Waals surface area contributed by atoms with Crippen LogP contribution in [-0.4, -0.2) is 63.1 Å². The number of nitrogens with zero attached hydrogens (tertiary/aromatic N) is 1. The molecule has 2 aromatic rings. The molecule has 0 saturated carbocycles. The lowest BCUT2D eigenvalue weighted by atomic mass is 9.70. The molecule has 1 heterocycles. The number of rotatable bonds is 6. The topological polar surface area (TPSA) is 129 Å². The highest BCUT2D eigenvalue weighted by Gasteiger charge is 2.65. The third kappa shape index (κ3) is 4.84. The van der Waals surface area contributed by atoms with Gasteiger partial charge in [-0.1, -0.05) is 45.8 Å². The SMILES string of the molecule is COC(=O)C1=C(C(=O)OC)N(c2ccc(C)cc2)[C@@](O)(C(=O)OC)[C@H](C(=O)OC)C1c1ccc(Br)cc1. The number of aryl methyl sites for hydroxylation is 1. The Labute approximate surface area is 221 Å². The molecule has 0 aliphatic carbocycles. The first-order chi connectivity index (χ1) is 17.6. The van der Waals surface area contributed by atoms with Gasteiger partial charge in [0.25, 0.3) is 5.72 Å². The van der Waals surface area contributed by atoms with Crippen molar-refractivity contribution in [1.82, 2.24) is 0 Å². The second-order valence-electron chi connectivity index (χ2n) is 8.16. The Morgan fingerprint density at radius 3 is 1.89 bits per heavy atom. The van der Waals surface area contributed by atoms with Crippen LogP contribution >= 0.6 is 15.9 Å². The molecular weight excluding hydrogens is 550 g/mol. The summed E-state index contributed by atoms with van der Waals surface area (Å²) in [5.41, 5.74) is -2.43. The normalized spacial score (nSPS) is 21.2. The van der Waals surface area contributed by atoms with Gasteiger partial charge in [-0.15, -0.1) is 0 Å². The summed E-state index contributed by atoms with van der Waals surface area (Å²) >= 11 is 3.33. The van der Waals surface area contributed by atoms with E-state index in [0.717, 1.165) is 38.9 Å². The summed E-state index contributed by atoms with van der Waals surface area (Å²) < 4.78 is 20.6. The number of benzene rings is 2. The highest BCUT2D eigenvalue weighted by atomic mass is 79.9. The predicted octanol–water partition coefficient (Wildman–Crippen LogP) is 2.61. The highest BCUT2D eigenvalue weighted by molar-refractivity contribution is 9.10. The second kappa shape index (κ2) is 11.1. The van der Waals surface area contributed by atoms with Crippen molar-refractivity contribution in [1.29, 1.82) is 0 Å². The number of halogens is 1. The molecule has 1 unspecified atom stereocenters. The molecule has 0 amide bonds. The molecular formula is C26H26BrNO9. The average Bonchev–Trinajstić information content (AvgIpc) is 2.91. The lowest BCUT2D eigenvalue weighted by Crippen LogP contribution is -2.67. The summed E-state index contributed by atoms with van der Waals surface area (Å²) in [6.07, 6.45) is 0. The van der Waals surface area contributed by atoms with Gasteiger partial charge in [0.05, 0.1) is 34.0 Å². The molecule has 196 valence electrons. The molecule has 0 aromatic heterocycles. The average molecular weight is 576 g/mol. The fourth-order valence-corrected chi connectivity index (χ4v) is 4.72. The van der Waals surface area contributed by atoms with Crippen LogP contribution in [-0.2, 0) is 38.1 Å². The molecule has 11 heteroatoms. The van der Waals surface area contributed by atoms with Crippen LogP contribution in [0.2, 0.25) is 0 Å². The zero-order chi connectivity index (χ0) is 27.5. The predicted molar refractivity (Wildman–Crippen MR) is 134 cm³/mol. The number of aliphatic hydroxyl groups is 1. The summed E-state index contributed by atoms with van der Waals surface area (Å²) in [4.78, 5) is 54.2. The molecule has 10 nitrogen and oxygen atoms in total. The molecule has 2 aromatic carbocycles. The molecule has 0 spiro atoms. The number of hydrogen-bond donors (Lipinski definition) is 1. The highest BCUT2D eigenvalue weighted by Crippen LogP contribution is 2.50. The molecule has 3 rings (SSSR count). The van der Waals surface area contributed by atoms with Crippen LogP contribution < -0.4 is 4.90 Å². The maximum atomic E-state index is 13.4. The van der Waals surface area contributed by atoms with Gasteiger partial charge in [-0.3, -0.25) is 9.69 Å². The Morgan fingerprint density at radius 2 is 1.41 bits per heavy atom. The van der Waals surface area contributed by atoms with Gasteiger partial charge in [0.1, 0.15) is 11.6 Å². The lowest BCUT2D eigenvalue weighted by molar-refractivity contribution is -0.181. The Hall–Kier alpha value is -3.70. The number of ether oxygens (including phenoxy) is 4. The van der Waals surface area contributed by atoms with Crippen LogP contribution in [0.15, 0.2) is 64.3 Å². The summed E-state index contributed by atoms with van der Waals surface area (Å²) in [5, 5.41) is 12.2. The van der Waals surface area contributed by atoms with Crippen molar-refractivity contribution in [2.45, 2.75) is 18.6 Å². The van der Waals surface area contributed by atoms with Crippen molar-refractivity contribution in [2.24, 2.45) is 5.92 Å². The fraction of sp³-hybridized carbons (Fsp3) is 0.308. The first-order valence-electron chi connectivity index (χ1n) is 11.0. The minimum atomic E-state index is -2.85. The minimum absolute atomic E-state index is 0.100. The van der Waals surface area contributed by atoms with E-state index in [-0.39, 0.29) is 11.3 Å². The monoisotopic (exact) mass is 575 g/mol. The van der Waals surface area contributed by atoms with E-state index in [0.29, 0.717) is 10.0 Å². The summed E-state index contributed by atoms with van der Waals surface area (Å²) in [6.45, 7) is 1.81. The molecule has 0 radical (unpaired) electrons. The fourth-order valence-electron chi connectivity index (χ4n) is 4.45. The third-order valence-electron chi connectivity index (χ3n) is 6.14. The molecule has 0 saturated heterocycles.